The Kier molecular flexibility index (Phi) is 6.39. The minimum Gasteiger partial charge on any atom is -0.373 e. The van der Waals surface area contributed by atoms with Crippen LogP contribution in [-0.4, -0.2) is 4.98 Å². The summed E-state index contributed by atoms with van der Waals surface area (Å²) in [6.07, 6.45) is 3.31. The van der Waals surface area contributed by atoms with Gasteiger partial charge in [0.1, 0.15) is 11.9 Å². The zero-order chi connectivity index (χ0) is 26.2. The highest BCUT2D eigenvalue weighted by atomic mass is 35.5. The summed E-state index contributed by atoms with van der Waals surface area (Å²) in [7, 11) is 0. The first-order valence-corrected chi connectivity index (χ1v) is 12.6. The van der Waals surface area contributed by atoms with Gasteiger partial charge in [0.15, 0.2) is 0 Å². The van der Waals surface area contributed by atoms with Crippen LogP contribution in [-0.2, 0) is 13.1 Å². The monoisotopic (exact) mass is 546 g/mol. The van der Waals surface area contributed by atoms with Crippen molar-refractivity contribution in [2.24, 2.45) is 0 Å². The minimum absolute atomic E-state index is 0.0285. The van der Waals surface area contributed by atoms with Gasteiger partial charge in [-0.25, -0.2) is 4.39 Å². The Labute approximate surface area is 227 Å². The average molecular weight is 547 g/mol. The Bertz CT molecular complexity index is 1650. The minimum atomic E-state index is -0.529. The zero-order valence-electron chi connectivity index (χ0n) is 19.8. The molecule has 0 saturated heterocycles. The Balaban J connectivity index is 1.43. The SMILES string of the molecule is N#Cc1cnc2c(Cl)cc(N[C@H](C3=CNNN3)c3ccc4c(c3)CNC4)cc2c1Nc1ccc(F)c(Cl)c1. The van der Waals surface area contributed by atoms with Gasteiger partial charge in [-0.3, -0.25) is 4.98 Å². The second-order valence-electron chi connectivity index (χ2n) is 8.97. The van der Waals surface area contributed by atoms with Crippen LogP contribution in [0.1, 0.15) is 28.3 Å². The fraction of sp³-hybridized carbons (Fsp3) is 0.111. The number of nitrogens with one attached hydrogen (secondary N) is 6. The molecule has 8 nitrogen and oxygen atoms in total. The van der Waals surface area contributed by atoms with Gasteiger partial charge in [-0.15, -0.1) is 0 Å². The first-order chi connectivity index (χ1) is 18.5. The maximum atomic E-state index is 13.7. The van der Waals surface area contributed by atoms with Gasteiger partial charge in [0.25, 0.3) is 0 Å². The molecule has 4 aromatic rings. The highest BCUT2D eigenvalue weighted by Crippen LogP contribution is 2.37. The van der Waals surface area contributed by atoms with Crippen LogP contribution >= 0.6 is 23.2 Å². The van der Waals surface area contributed by atoms with Gasteiger partial charge < -0.3 is 26.8 Å². The Morgan fingerprint density at radius 3 is 2.63 bits per heavy atom. The van der Waals surface area contributed by atoms with E-state index in [2.05, 4.69) is 61.6 Å². The number of nitriles is 1. The van der Waals surface area contributed by atoms with E-state index in [1.165, 1.54) is 29.5 Å². The van der Waals surface area contributed by atoms with Crippen molar-refractivity contribution >= 4 is 51.2 Å². The topological polar surface area (TPSA) is 109 Å². The van der Waals surface area contributed by atoms with Crippen molar-refractivity contribution < 1.29 is 4.39 Å². The van der Waals surface area contributed by atoms with Crippen molar-refractivity contribution in [2.75, 3.05) is 10.6 Å². The second kappa shape index (κ2) is 10.0. The predicted molar refractivity (Wildman–Crippen MR) is 147 cm³/mol. The average Bonchev–Trinajstić information content (AvgIpc) is 3.62. The number of hydrazine groups is 2. The highest BCUT2D eigenvalue weighted by molar-refractivity contribution is 6.36. The molecule has 190 valence electrons. The molecule has 6 rings (SSSR count). The number of aromatic nitrogens is 1. The van der Waals surface area contributed by atoms with Gasteiger partial charge in [0.05, 0.1) is 38.6 Å². The lowest BCUT2D eigenvalue weighted by atomic mass is 9.98. The molecule has 11 heteroatoms. The smallest absolute Gasteiger partial charge is 0.141 e. The maximum absolute atomic E-state index is 13.7. The van der Waals surface area contributed by atoms with E-state index < -0.39 is 5.82 Å². The summed E-state index contributed by atoms with van der Waals surface area (Å²) in [6.45, 7) is 1.69. The van der Waals surface area contributed by atoms with Gasteiger partial charge >= 0.3 is 0 Å². The lowest BCUT2D eigenvalue weighted by Crippen LogP contribution is -2.33. The number of anilines is 3. The lowest BCUT2D eigenvalue weighted by molar-refractivity contribution is 0.583. The van der Waals surface area contributed by atoms with Gasteiger partial charge in [-0.05, 0) is 47.0 Å². The number of fused-ring (bicyclic) bond motifs is 2. The molecular weight excluding hydrogens is 526 g/mol. The van der Waals surface area contributed by atoms with Gasteiger partial charge in [0.2, 0.25) is 0 Å². The van der Waals surface area contributed by atoms with Crippen molar-refractivity contribution in [1.29, 1.82) is 5.26 Å². The molecule has 6 N–H and O–H groups in total. The van der Waals surface area contributed by atoms with Gasteiger partial charge in [-0.2, -0.15) is 10.8 Å². The van der Waals surface area contributed by atoms with Crippen molar-refractivity contribution in [2.45, 2.75) is 19.1 Å². The first-order valence-electron chi connectivity index (χ1n) is 11.8. The van der Waals surface area contributed by atoms with Crippen molar-refractivity contribution in [3.8, 4) is 6.07 Å². The lowest BCUT2D eigenvalue weighted by Gasteiger charge is -2.23. The second-order valence-corrected chi connectivity index (χ2v) is 9.78. The number of pyridine rings is 1. The highest BCUT2D eigenvalue weighted by Gasteiger charge is 2.23. The molecule has 1 aromatic heterocycles. The molecule has 0 unspecified atom stereocenters. The quantitative estimate of drug-likeness (QED) is 0.188. The third-order valence-electron chi connectivity index (χ3n) is 6.56. The first kappa shape index (κ1) is 24.3. The largest absolute Gasteiger partial charge is 0.373 e. The molecular formula is C27H21Cl2FN8. The number of hydrogen-bond acceptors (Lipinski definition) is 8. The van der Waals surface area contributed by atoms with E-state index in [1.54, 1.807) is 12.1 Å². The molecule has 3 heterocycles. The molecule has 1 atom stereocenters. The van der Waals surface area contributed by atoms with E-state index in [0.717, 1.165) is 30.0 Å². The van der Waals surface area contributed by atoms with Crippen molar-refractivity contribution in [1.82, 2.24) is 26.7 Å². The van der Waals surface area contributed by atoms with Crippen LogP contribution in [0.5, 0.6) is 0 Å². The van der Waals surface area contributed by atoms with Crippen LogP contribution in [0.25, 0.3) is 10.9 Å². The fourth-order valence-corrected chi connectivity index (χ4v) is 5.14. The summed E-state index contributed by atoms with van der Waals surface area (Å²) < 4.78 is 13.7. The van der Waals surface area contributed by atoms with Crippen molar-refractivity contribution in [3.05, 3.63) is 105 Å². The standard InChI is InChI=1S/C27H21Cl2FN8/c28-21-7-18(3-4-23(21)30)35-25-17(9-31)12-33-27-20(25)6-19(8-22(27)29)36-26(24-13-34-38-37-24)14-1-2-15-10-32-11-16(15)5-14/h1-8,12-13,26,32,34,36-38H,10-11H2,(H,33,35)/t26-/m0/s1. The normalized spacial score (nSPS) is 14.7. The molecule has 0 aliphatic carbocycles. The molecule has 2 aliphatic rings. The molecule has 38 heavy (non-hydrogen) atoms. The predicted octanol–water partition coefficient (Wildman–Crippen LogP) is 5.51. The molecule has 0 spiro atoms. The number of nitrogens with zero attached hydrogens (tertiary/aromatic N) is 2. The molecule has 2 aliphatic heterocycles. The van der Waals surface area contributed by atoms with E-state index in [9.17, 15) is 9.65 Å². The van der Waals surface area contributed by atoms with Crippen LogP contribution in [0.4, 0.5) is 21.5 Å². The summed E-state index contributed by atoms with van der Waals surface area (Å²) in [4.78, 5) is 4.42. The Hall–Kier alpha value is -4.07. The zero-order valence-corrected chi connectivity index (χ0v) is 21.3. The summed E-state index contributed by atoms with van der Waals surface area (Å²) in [5, 5.41) is 21.0. The van der Waals surface area contributed by atoms with Gasteiger partial charge in [0, 0.05) is 42.2 Å². The fourth-order valence-electron chi connectivity index (χ4n) is 4.70. The van der Waals surface area contributed by atoms with Gasteiger partial charge in [-0.1, -0.05) is 41.4 Å². The molecule has 0 saturated carbocycles. The van der Waals surface area contributed by atoms with E-state index in [0.29, 0.717) is 32.9 Å². The summed E-state index contributed by atoms with van der Waals surface area (Å²) in [5.74, 6) is -0.529. The summed E-state index contributed by atoms with van der Waals surface area (Å²) >= 11 is 12.7. The van der Waals surface area contributed by atoms with Crippen LogP contribution in [0.3, 0.4) is 0 Å². The Morgan fingerprint density at radius 1 is 1.00 bits per heavy atom. The number of benzene rings is 3. The van der Waals surface area contributed by atoms with E-state index in [1.807, 2.05) is 12.3 Å². The van der Waals surface area contributed by atoms with Crippen LogP contribution in [0, 0.1) is 17.1 Å². The number of rotatable bonds is 6. The molecule has 0 fully saturated rings. The number of halogens is 3. The van der Waals surface area contributed by atoms with Crippen LogP contribution < -0.4 is 32.3 Å². The maximum Gasteiger partial charge on any atom is 0.141 e. The third kappa shape index (κ3) is 4.55. The third-order valence-corrected chi connectivity index (χ3v) is 7.14. The van der Waals surface area contributed by atoms with Crippen LogP contribution in [0.2, 0.25) is 10.0 Å². The summed E-state index contributed by atoms with van der Waals surface area (Å²) in [5.41, 5.74) is 16.1. The molecule has 0 amide bonds. The van der Waals surface area contributed by atoms with E-state index >= 15 is 0 Å². The van der Waals surface area contributed by atoms with E-state index in [4.69, 9.17) is 23.2 Å². The van der Waals surface area contributed by atoms with E-state index in [-0.39, 0.29) is 11.1 Å². The Morgan fingerprint density at radius 2 is 1.84 bits per heavy atom. The molecule has 0 radical (unpaired) electrons. The van der Waals surface area contributed by atoms with Crippen molar-refractivity contribution in [3.63, 3.8) is 0 Å². The number of hydrogen-bond donors (Lipinski definition) is 6. The summed E-state index contributed by atoms with van der Waals surface area (Å²) in [6, 6.07) is 16.3. The molecule has 0 bridgehead atoms. The molecule has 3 aromatic carbocycles. The van der Waals surface area contributed by atoms with Crippen LogP contribution in [0.15, 0.2) is 66.6 Å².